The van der Waals surface area contributed by atoms with Gasteiger partial charge in [0.15, 0.2) is 0 Å². The van der Waals surface area contributed by atoms with Crippen LogP contribution in [0.1, 0.15) is 54.7 Å². The molecule has 0 aliphatic rings. The summed E-state index contributed by atoms with van der Waals surface area (Å²) in [5, 5.41) is 4.59. The lowest BCUT2D eigenvalue weighted by molar-refractivity contribution is 0.0827. The van der Waals surface area contributed by atoms with Crippen LogP contribution in [0.5, 0.6) is 0 Å². The smallest absolute Gasteiger partial charge is 0.253 e. The maximum atomic E-state index is 11.6. The summed E-state index contributed by atoms with van der Waals surface area (Å²) in [7, 11) is 5.60. The maximum Gasteiger partial charge on any atom is 0.253 e. The summed E-state index contributed by atoms with van der Waals surface area (Å²) in [6.45, 7) is 6.22. The van der Waals surface area contributed by atoms with E-state index in [1.165, 1.54) is 24.1 Å². The molecule has 3 N–H and O–H groups in total. The molecule has 4 aromatic rings. The van der Waals surface area contributed by atoms with Crippen LogP contribution >= 0.6 is 0 Å². The minimum absolute atomic E-state index is 0.0667. The van der Waals surface area contributed by atoms with Crippen LogP contribution in [0.2, 0.25) is 0 Å². The lowest BCUT2D eigenvalue weighted by Crippen LogP contribution is -2.21. The Morgan fingerprint density at radius 2 is 1.78 bits per heavy atom. The second-order valence-corrected chi connectivity index (χ2v) is 9.44. The van der Waals surface area contributed by atoms with Crippen molar-refractivity contribution in [3.63, 3.8) is 0 Å². The van der Waals surface area contributed by atoms with Gasteiger partial charge < -0.3 is 20.5 Å². The highest BCUT2D eigenvalue weighted by Gasteiger charge is 2.12. The summed E-state index contributed by atoms with van der Waals surface area (Å²) in [6.07, 6.45) is 8.31. The molecule has 0 spiro atoms. The van der Waals surface area contributed by atoms with E-state index in [0.717, 1.165) is 53.7 Å². The number of hydrogen-bond donors (Lipinski definition) is 2. The highest BCUT2D eigenvalue weighted by atomic mass is 16.2. The van der Waals surface area contributed by atoms with E-state index < -0.39 is 0 Å². The Morgan fingerprint density at radius 3 is 2.41 bits per heavy atom. The third kappa shape index (κ3) is 7.40. The van der Waals surface area contributed by atoms with Gasteiger partial charge in [0.25, 0.3) is 5.91 Å². The molecule has 0 unspecified atom stereocenters. The first kappa shape index (κ1) is 27.9. The van der Waals surface area contributed by atoms with Gasteiger partial charge in [0, 0.05) is 62.3 Å². The molecule has 0 aliphatic carbocycles. The number of fused-ring (bicyclic) bond motifs is 1. The van der Waals surface area contributed by atoms with E-state index in [1.54, 1.807) is 19.0 Å². The molecule has 0 saturated carbocycles. The lowest BCUT2D eigenvalue weighted by atomic mass is 10.1. The number of anilines is 1. The molecule has 0 saturated heterocycles. The van der Waals surface area contributed by atoms with Crippen molar-refractivity contribution in [2.24, 2.45) is 7.05 Å². The Balaban J connectivity index is 0.000000222. The second kappa shape index (κ2) is 13.6. The van der Waals surface area contributed by atoms with Crippen molar-refractivity contribution < 1.29 is 4.79 Å². The van der Waals surface area contributed by atoms with E-state index in [1.807, 2.05) is 54.9 Å². The molecule has 37 heavy (non-hydrogen) atoms. The quantitative estimate of drug-likeness (QED) is 0.298. The number of benzene rings is 1. The highest BCUT2D eigenvalue weighted by molar-refractivity contribution is 5.94. The van der Waals surface area contributed by atoms with E-state index >= 15 is 0 Å². The zero-order valence-corrected chi connectivity index (χ0v) is 22.8. The fraction of sp³-hybridized carbons (Fsp3) is 0.367. The topological polar surface area (TPSA) is 89.1 Å². The number of unbranched alkanes of at least 4 members (excludes halogenated alkanes) is 1. The number of amides is 1. The third-order valence-electron chi connectivity index (χ3n) is 6.28. The fourth-order valence-corrected chi connectivity index (χ4v) is 4.10. The minimum Gasteiger partial charge on any atom is -0.384 e. The van der Waals surface area contributed by atoms with Gasteiger partial charge >= 0.3 is 0 Å². The number of hydrogen-bond acceptors (Lipinski definition) is 5. The predicted molar refractivity (Wildman–Crippen MR) is 153 cm³/mol. The monoisotopic (exact) mass is 500 g/mol. The lowest BCUT2D eigenvalue weighted by Gasteiger charge is -2.10. The number of nitrogens with one attached hydrogen (secondary N) is 1. The summed E-state index contributed by atoms with van der Waals surface area (Å²) < 4.78 is 2.15. The number of nitrogens with zero attached hydrogens (tertiary/aromatic N) is 4. The van der Waals surface area contributed by atoms with Gasteiger partial charge in [-0.3, -0.25) is 4.79 Å². The summed E-state index contributed by atoms with van der Waals surface area (Å²) in [6, 6.07) is 16.0. The Kier molecular flexibility index (Phi) is 10.2. The summed E-state index contributed by atoms with van der Waals surface area (Å²) in [5.41, 5.74) is 12.2. The summed E-state index contributed by atoms with van der Waals surface area (Å²) >= 11 is 0. The predicted octanol–water partition coefficient (Wildman–Crippen LogP) is 5.45. The number of pyridine rings is 2. The van der Waals surface area contributed by atoms with Crippen molar-refractivity contribution in [2.45, 2.75) is 46.1 Å². The fourth-order valence-electron chi connectivity index (χ4n) is 4.10. The number of aryl methyl sites for hydroxylation is 2. The average molecular weight is 501 g/mol. The van der Waals surface area contributed by atoms with Crippen molar-refractivity contribution >= 4 is 22.8 Å². The van der Waals surface area contributed by atoms with Gasteiger partial charge in [-0.15, -0.1) is 0 Å². The number of nitrogens with two attached hydrogens (primary N) is 1. The third-order valence-corrected chi connectivity index (χ3v) is 6.28. The van der Waals surface area contributed by atoms with E-state index in [-0.39, 0.29) is 5.91 Å². The van der Waals surface area contributed by atoms with Gasteiger partial charge in [-0.1, -0.05) is 32.4 Å². The van der Waals surface area contributed by atoms with Crippen LogP contribution in [0.15, 0.2) is 60.9 Å². The van der Waals surface area contributed by atoms with Crippen LogP contribution in [0.25, 0.3) is 22.2 Å². The number of carbonyl (C=O) groups is 1. The van der Waals surface area contributed by atoms with E-state index in [9.17, 15) is 4.79 Å². The van der Waals surface area contributed by atoms with E-state index in [0.29, 0.717) is 5.82 Å². The zero-order chi connectivity index (χ0) is 26.8. The van der Waals surface area contributed by atoms with Crippen molar-refractivity contribution in [1.82, 2.24) is 24.8 Å². The van der Waals surface area contributed by atoms with Crippen LogP contribution in [0.3, 0.4) is 0 Å². The number of carbonyl (C=O) groups excluding carboxylic acids is 1. The number of nitrogen functional groups attached to an aromatic ring is 1. The standard InChI is InChI=1S/C17H21N5.C13H19NO/c1-3-7-19-11-13-9-15-14(6-8-20-17(15)22(13)2)12-4-5-16(18)21-10-12;1-4-5-6-11-7-9-12(10-8-11)13(15)14(2)3/h4-6,8-10,19H,3,7,11H2,1-2H3,(H2,18,21);7-10H,4-6H2,1-3H3. The van der Waals surface area contributed by atoms with Gasteiger partial charge in [-0.05, 0) is 73.3 Å². The molecule has 0 fully saturated rings. The van der Waals surface area contributed by atoms with Crippen molar-refractivity contribution in [1.29, 1.82) is 0 Å². The summed E-state index contributed by atoms with van der Waals surface area (Å²) in [5.74, 6) is 0.601. The minimum atomic E-state index is 0.0667. The van der Waals surface area contributed by atoms with Crippen molar-refractivity contribution in [3.05, 3.63) is 77.7 Å². The molecule has 1 aromatic carbocycles. The molecule has 0 bridgehead atoms. The highest BCUT2D eigenvalue weighted by Crippen LogP contribution is 2.29. The van der Waals surface area contributed by atoms with Crippen molar-refractivity contribution in [3.8, 4) is 11.1 Å². The molecular weight excluding hydrogens is 460 g/mol. The molecule has 3 aromatic heterocycles. The van der Waals surface area contributed by atoms with Crippen molar-refractivity contribution in [2.75, 3.05) is 26.4 Å². The largest absolute Gasteiger partial charge is 0.384 e. The summed E-state index contributed by atoms with van der Waals surface area (Å²) in [4.78, 5) is 21.9. The molecular formula is C30H40N6O. The molecule has 0 aliphatic heterocycles. The normalized spacial score (nSPS) is 10.7. The molecule has 3 heterocycles. The first-order chi connectivity index (χ1) is 17.8. The molecule has 7 nitrogen and oxygen atoms in total. The van der Waals surface area contributed by atoms with Crippen LogP contribution < -0.4 is 11.1 Å². The Labute approximate surface area is 220 Å². The first-order valence-electron chi connectivity index (χ1n) is 13.0. The van der Waals surface area contributed by atoms with Gasteiger partial charge in [-0.25, -0.2) is 9.97 Å². The van der Waals surface area contributed by atoms with E-state index in [2.05, 4.69) is 46.8 Å². The van der Waals surface area contributed by atoms with Gasteiger partial charge in [0.2, 0.25) is 0 Å². The van der Waals surface area contributed by atoms with Gasteiger partial charge in [0.1, 0.15) is 11.5 Å². The van der Waals surface area contributed by atoms with Crippen LogP contribution in [0.4, 0.5) is 5.82 Å². The number of aromatic nitrogens is 3. The molecule has 196 valence electrons. The van der Waals surface area contributed by atoms with Gasteiger partial charge in [-0.2, -0.15) is 0 Å². The van der Waals surface area contributed by atoms with Crippen LogP contribution in [0, 0.1) is 0 Å². The average Bonchev–Trinajstić information content (AvgIpc) is 3.24. The first-order valence-corrected chi connectivity index (χ1v) is 13.0. The van der Waals surface area contributed by atoms with Gasteiger partial charge in [0.05, 0.1) is 0 Å². The Morgan fingerprint density at radius 1 is 1.03 bits per heavy atom. The molecule has 0 atom stereocenters. The second-order valence-electron chi connectivity index (χ2n) is 9.44. The number of rotatable bonds is 9. The van der Waals surface area contributed by atoms with Crippen LogP contribution in [-0.4, -0.2) is 46.0 Å². The Hall–Kier alpha value is -3.71. The maximum absolute atomic E-state index is 11.6. The Bertz CT molecular complexity index is 1280. The SMILES string of the molecule is CCCCc1ccc(C(=O)N(C)C)cc1.CCCNCc1cc2c(-c3ccc(N)nc3)ccnc2n1C. The zero-order valence-electron chi connectivity index (χ0n) is 22.8. The van der Waals surface area contributed by atoms with Crippen LogP contribution in [-0.2, 0) is 20.0 Å². The van der Waals surface area contributed by atoms with E-state index in [4.69, 9.17) is 5.73 Å². The molecule has 0 radical (unpaired) electrons. The molecule has 4 rings (SSSR count). The molecule has 7 heteroatoms. The molecule has 1 amide bonds.